The minimum atomic E-state index is -4.42. The smallest absolute Gasteiger partial charge is 0.261 e. The van der Waals surface area contributed by atoms with E-state index in [4.69, 9.17) is 0 Å². The molecule has 0 aliphatic carbocycles. The van der Waals surface area contributed by atoms with Gasteiger partial charge in [0.2, 0.25) is 0 Å². The number of halogens is 4. The first-order valence-electron chi connectivity index (χ1n) is 5.96. The summed E-state index contributed by atoms with van der Waals surface area (Å²) in [6.07, 6.45) is -3.69. The molecule has 2 rings (SSSR count). The molecule has 0 aliphatic rings. The summed E-state index contributed by atoms with van der Waals surface area (Å²) in [6.45, 7) is 1.68. The van der Waals surface area contributed by atoms with E-state index in [0.717, 1.165) is 12.3 Å². The Morgan fingerprint density at radius 2 is 1.76 bits per heavy atom. The van der Waals surface area contributed by atoms with Gasteiger partial charge in [-0.05, 0) is 36.8 Å². The predicted octanol–water partition coefficient (Wildman–Crippen LogP) is 4.08. The van der Waals surface area contributed by atoms with E-state index >= 15 is 0 Å². The molecule has 110 valence electrons. The summed E-state index contributed by atoms with van der Waals surface area (Å²) in [7, 11) is 0. The third kappa shape index (κ3) is 4.01. The van der Waals surface area contributed by atoms with E-state index in [-0.39, 0.29) is 11.6 Å². The lowest BCUT2D eigenvalue weighted by molar-refractivity contribution is -0.137. The second-order valence-corrected chi connectivity index (χ2v) is 4.25. The topological polar surface area (TPSA) is 37.3 Å². The summed E-state index contributed by atoms with van der Waals surface area (Å²) in [5.41, 5.74) is 2.97. The van der Waals surface area contributed by atoms with Crippen LogP contribution in [-0.2, 0) is 6.18 Å². The molecule has 0 radical (unpaired) electrons. The molecule has 1 aromatic heterocycles. The summed E-state index contributed by atoms with van der Waals surface area (Å²) in [5, 5.41) is 3.99. The quantitative estimate of drug-likeness (QED) is 0.526. The molecule has 1 aromatic carbocycles. The fourth-order valence-corrected chi connectivity index (χ4v) is 1.52. The summed E-state index contributed by atoms with van der Waals surface area (Å²) in [4.78, 5) is 3.63. The first-order valence-corrected chi connectivity index (χ1v) is 5.96. The van der Waals surface area contributed by atoms with Gasteiger partial charge in [-0.3, -0.25) is 5.43 Å². The second-order valence-electron chi connectivity index (χ2n) is 4.25. The maximum Gasteiger partial charge on any atom is 0.417 e. The summed E-state index contributed by atoms with van der Waals surface area (Å²) in [6, 6.07) is 7.80. The first-order chi connectivity index (χ1) is 9.86. The van der Waals surface area contributed by atoms with Gasteiger partial charge < -0.3 is 0 Å². The molecule has 0 unspecified atom stereocenters. The summed E-state index contributed by atoms with van der Waals surface area (Å²) >= 11 is 0. The van der Waals surface area contributed by atoms with Crippen molar-refractivity contribution in [1.82, 2.24) is 4.98 Å². The Bertz CT molecular complexity index is 631. The summed E-state index contributed by atoms with van der Waals surface area (Å²) in [5.74, 6) is -0.173. The highest BCUT2D eigenvalue weighted by Crippen LogP contribution is 2.28. The maximum absolute atomic E-state index is 12.8. The normalized spacial score (nSPS) is 12.3. The van der Waals surface area contributed by atoms with Crippen LogP contribution in [0.15, 0.2) is 47.7 Å². The van der Waals surface area contributed by atoms with Crippen molar-refractivity contribution >= 4 is 11.5 Å². The van der Waals surface area contributed by atoms with Crippen molar-refractivity contribution < 1.29 is 17.6 Å². The third-order valence-corrected chi connectivity index (χ3v) is 2.69. The van der Waals surface area contributed by atoms with Crippen molar-refractivity contribution in [2.24, 2.45) is 5.10 Å². The van der Waals surface area contributed by atoms with Gasteiger partial charge in [0, 0.05) is 6.20 Å². The predicted molar refractivity (Wildman–Crippen MR) is 71.5 cm³/mol. The van der Waals surface area contributed by atoms with Crippen LogP contribution in [0.25, 0.3) is 0 Å². The first kappa shape index (κ1) is 15.0. The van der Waals surface area contributed by atoms with Crippen molar-refractivity contribution in [2.75, 3.05) is 5.43 Å². The van der Waals surface area contributed by atoms with Crippen molar-refractivity contribution in [1.29, 1.82) is 0 Å². The van der Waals surface area contributed by atoms with Gasteiger partial charge in [-0.1, -0.05) is 12.1 Å². The van der Waals surface area contributed by atoms with E-state index < -0.39 is 11.7 Å². The lowest BCUT2D eigenvalue weighted by Gasteiger charge is -2.07. The molecule has 0 amide bonds. The fraction of sp³-hybridized carbons (Fsp3) is 0.143. The Morgan fingerprint density at radius 1 is 1.10 bits per heavy atom. The molecule has 7 heteroatoms. The molecule has 0 saturated carbocycles. The van der Waals surface area contributed by atoms with Gasteiger partial charge in [0.25, 0.3) is 0 Å². The van der Waals surface area contributed by atoms with Crippen LogP contribution >= 0.6 is 0 Å². The van der Waals surface area contributed by atoms with E-state index in [1.807, 2.05) is 0 Å². The van der Waals surface area contributed by atoms with Crippen molar-refractivity contribution in [3.63, 3.8) is 0 Å². The van der Waals surface area contributed by atoms with Gasteiger partial charge in [-0.25, -0.2) is 9.37 Å². The van der Waals surface area contributed by atoms with Gasteiger partial charge in [-0.2, -0.15) is 18.3 Å². The number of pyridine rings is 1. The molecule has 0 fully saturated rings. The van der Waals surface area contributed by atoms with Gasteiger partial charge in [0.05, 0.1) is 11.3 Å². The number of rotatable bonds is 3. The van der Waals surface area contributed by atoms with Crippen LogP contribution in [0.2, 0.25) is 0 Å². The molecular formula is C14H11F4N3. The molecule has 21 heavy (non-hydrogen) atoms. The molecule has 0 spiro atoms. The molecular weight excluding hydrogens is 286 g/mol. The average molecular weight is 297 g/mol. The van der Waals surface area contributed by atoms with Crippen LogP contribution in [0.3, 0.4) is 0 Å². The minimum Gasteiger partial charge on any atom is -0.261 e. The molecule has 0 saturated heterocycles. The number of hydrazone groups is 1. The average Bonchev–Trinajstić information content (AvgIpc) is 2.45. The van der Waals surface area contributed by atoms with E-state index in [9.17, 15) is 17.6 Å². The highest BCUT2D eigenvalue weighted by atomic mass is 19.4. The van der Waals surface area contributed by atoms with E-state index in [2.05, 4.69) is 15.5 Å². The zero-order chi connectivity index (χ0) is 15.5. The Morgan fingerprint density at radius 3 is 2.29 bits per heavy atom. The Hall–Kier alpha value is -2.44. The Kier molecular flexibility index (Phi) is 4.21. The number of nitrogens with one attached hydrogen (secondary N) is 1. The van der Waals surface area contributed by atoms with Gasteiger partial charge >= 0.3 is 6.18 Å². The molecule has 1 heterocycles. The third-order valence-electron chi connectivity index (χ3n) is 2.69. The van der Waals surface area contributed by atoms with Crippen LogP contribution in [0.1, 0.15) is 18.1 Å². The zero-order valence-electron chi connectivity index (χ0n) is 10.9. The highest BCUT2D eigenvalue weighted by Gasteiger charge is 2.30. The van der Waals surface area contributed by atoms with Crippen LogP contribution in [0.4, 0.5) is 23.4 Å². The second kappa shape index (κ2) is 5.90. The number of anilines is 1. The zero-order valence-corrected chi connectivity index (χ0v) is 10.9. The van der Waals surface area contributed by atoms with Crippen molar-refractivity contribution in [3.05, 3.63) is 59.5 Å². The van der Waals surface area contributed by atoms with E-state index in [1.54, 1.807) is 19.1 Å². The van der Waals surface area contributed by atoms with Crippen LogP contribution in [0, 0.1) is 5.82 Å². The standard InChI is InChI=1S/C14H11F4N3/c1-9(10-2-5-12(15)6-3-10)20-21-13-7-4-11(8-19-13)14(16,17)18/h2-8H,1H3,(H,19,21)/b20-9-. The molecule has 0 aliphatic heterocycles. The number of nitrogens with zero attached hydrogens (tertiary/aromatic N) is 2. The van der Waals surface area contributed by atoms with Gasteiger partial charge in [-0.15, -0.1) is 0 Å². The van der Waals surface area contributed by atoms with E-state index in [0.29, 0.717) is 11.3 Å². The minimum absolute atomic E-state index is 0.185. The maximum atomic E-state index is 12.8. The van der Waals surface area contributed by atoms with Crippen LogP contribution in [-0.4, -0.2) is 10.7 Å². The fourth-order valence-electron chi connectivity index (χ4n) is 1.52. The number of hydrogen-bond acceptors (Lipinski definition) is 3. The largest absolute Gasteiger partial charge is 0.417 e. The van der Waals surface area contributed by atoms with Crippen molar-refractivity contribution in [3.8, 4) is 0 Å². The number of benzene rings is 1. The molecule has 1 N–H and O–H groups in total. The molecule has 2 aromatic rings. The molecule has 3 nitrogen and oxygen atoms in total. The summed E-state index contributed by atoms with van der Waals surface area (Å²) < 4.78 is 49.9. The number of aromatic nitrogens is 1. The Labute approximate surface area is 118 Å². The van der Waals surface area contributed by atoms with Gasteiger partial charge in [0.15, 0.2) is 0 Å². The van der Waals surface area contributed by atoms with Gasteiger partial charge in [0.1, 0.15) is 11.6 Å². The van der Waals surface area contributed by atoms with Crippen LogP contribution in [0.5, 0.6) is 0 Å². The lowest BCUT2D eigenvalue weighted by atomic mass is 10.1. The lowest BCUT2D eigenvalue weighted by Crippen LogP contribution is -2.06. The van der Waals surface area contributed by atoms with Crippen LogP contribution < -0.4 is 5.43 Å². The van der Waals surface area contributed by atoms with E-state index in [1.165, 1.54) is 18.2 Å². The SMILES string of the molecule is C/C(=N/Nc1ccc(C(F)(F)F)cn1)c1ccc(F)cc1. The Balaban J connectivity index is 2.08. The number of hydrogen-bond donors (Lipinski definition) is 1. The van der Waals surface area contributed by atoms with Crippen molar-refractivity contribution in [2.45, 2.75) is 13.1 Å². The highest BCUT2D eigenvalue weighted by molar-refractivity contribution is 5.98. The molecule has 0 atom stereocenters. The molecule has 0 bridgehead atoms. The number of alkyl halides is 3. The monoisotopic (exact) mass is 297 g/mol.